The van der Waals surface area contributed by atoms with E-state index in [1.807, 2.05) is 12.1 Å². The van der Waals surface area contributed by atoms with Crippen molar-refractivity contribution in [2.75, 3.05) is 18.5 Å². The lowest BCUT2D eigenvalue weighted by Crippen LogP contribution is -2.26. The normalized spacial score (nSPS) is 12.8. The van der Waals surface area contributed by atoms with Crippen LogP contribution in [0.25, 0.3) is 0 Å². The topological polar surface area (TPSA) is 70.6 Å². The number of amides is 1. The van der Waals surface area contributed by atoms with Gasteiger partial charge in [0.25, 0.3) is 5.91 Å². The number of benzene rings is 2. The van der Waals surface area contributed by atoms with Crippen molar-refractivity contribution < 1.29 is 14.6 Å². The second kappa shape index (κ2) is 5.75. The van der Waals surface area contributed by atoms with Crippen LogP contribution in [0.3, 0.4) is 0 Å². The maximum absolute atomic E-state index is 12.3. The average Bonchev–Trinajstić information content (AvgIpc) is 2.53. The first-order valence-corrected chi connectivity index (χ1v) is 6.80. The highest BCUT2D eigenvalue weighted by Crippen LogP contribution is 2.31. The lowest BCUT2D eigenvalue weighted by Gasteiger charge is -2.21. The molecular weight excluding hydrogens is 268 g/mol. The molecule has 0 aromatic heterocycles. The van der Waals surface area contributed by atoms with E-state index >= 15 is 0 Å². The molecule has 1 aliphatic heterocycles. The van der Waals surface area contributed by atoms with Gasteiger partial charge < -0.3 is 20.5 Å². The number of anilines is 1. The molecule has 5 heteroatoms. The first-order valence-electron chi connectivity index (χ1n) is 6.80. The number of carbonyl (C=O) groups is 1. The van der Waals surface area contributed by atoms with Gasteiger partial charge in [-0.3, -0.25) is 4.79 Å². The molecule has 0 bridgehead atoms. The van der Waals surface area contributed by atoms with E-state index in [2.05, 4.69) is 10.6 Å². The van der Waals surface area contributed by atoms with Crippen molar-refractivity contribution in [3.63, 3.8) is 0 Å². The molecule has 0 saturated heterocycles. The van der Waals surface area contributed by atoms with Crippen molar-refractivity contribution >= 4 is 11.6 Å². The largest absolute Gasteiger partial charge is 0.508 e. The highest BCUT2D eigenvalue weighted by Gasteiger charge is 2.18. The van der Waals surface area contributed by atoms with Crippen LogP contribution < -0.4 is 15.4 Å². The molecule has 0 unspecified atom stereocenters. The molecule has 0 spiro atoms. The van der Waals surface area contributed by atoms with Crippen molar-refractivity contribution in [1.29, 1.82) is 0 Å². The minimum atomic E-state index is -0.177. The molecule has 0 radical (unpaired) electrons. The highest BCUT2D eigenvalue weighted by molar-refractivity contribution is 5.98. The second-order valence-corrected chi connectivity index (χ2v) is 4.81. The smallest absolute Gasteiger partial charge is 0.255 e. The molecule has 108 valence electrons. The molecule has 1 heterocycles. The maximum Gasteiger partial charge on any atom is 0.255 e. The molecule has 0 atom stereocenters. The van der Waals surface area contributed by atoms with Crippen LogP contribution in [0.5, 0.6) is 11.5 Å². The first-order chi connectivity index (χ1) is 10.2. The molecule has 2 aromatic carbocycles. The molecule has 1 amide bonds. The van der Waals surface area contributed by atoms with E-state index in [1.165, 1.54) is 0 Å². The molecule has 0 aliphatic carbocycles. The van der Waals surface area contributed by atoms with Gasteiger partial charge >= 0.3 is 0 Å². The predicted octanol–water partition coefficient (Wildman–Crippen LogP) is 2.13. The van der Waals surface area contributed by atoms with E-state index in [-0.39, 0.29) is 11.7 Å². The van der Waals surface area contributed by atoms with Crippen molar-refractivity contribution in [2.45, 2.75) is 6.54 Å². The van der Waals surface area contributed by atoms with Gasteiger partial charge in [-0.15, -0.1) is 0 Å². The van der Waals surface area contributed by atoms with Crippen LogP contribution in [-0.4, -0.2) is 24.2 Å². The minimum Gasteiger partial charge on any atom is -0.508 e. The van der Waals surface area contributed by atoms with Crippen LogP contribution in [0.1, 0.15) is 15.9 Å². The Balaban J connectivity index is 1.72. The fraction of sp³-hybridized carbons (Fsp3) is 0.188. The Morgan fingerprint density at radius 3 is 2.86 bits per heavy atom. The number of ether oxygens (including phenoxy) is 1. The van der Waals surface area contributed by atoms with Gasteiger partial charge in [0.15, 0.2) is 5.75 Å². The lowest BCUT2D eigenvalue weighted by molar-refractivity contribution is 0.0947. The number of aromatic hydroxyl groups is 1. The molecule has 0 saturated carbocycles. The summed E-state index contributed by atoms with van der Waals surface area (Å²) in [5.74, 6) is 0.636. The predicted molar refractivity (Wildman–Crippen MR) is 79.7 cm³/mol. The summed E-state index contributed by atoms with van der Waals surface area (Å²) in [6.07, 6.45) is 0. The average molecular weight is 284 g/mol. The first kappa shape index (κ1) is 13.3. The summed E-state index contributed by atoms with van der Waals surface area (Å²) >= 11 is 0. The monoisotopic (exact) mass is 284 g/mol. The van der Waals surface area contributed by atoms with Crippen LogP contribution in [0, 0.1) is 0 Å². The van der Waals surface area contributed by atoms with E-state index in [4.69, 9.17) is 4.74 Å². The number of fused-ring (bicyclic) bond motifs is 1. The third kappa shape index (κ3) is 2.91. The van der Waals surface area contributed by atoms with Crippen LogP contribution in [0.15, 0.2) is 42.5 Å². The van der Waals surface area contributed by atoms with Gasteiger partial charge in [-0.2, -0.15) is 0 Å². The summed E-state index contributed by atoms with van der Waals surface area (Å²) in [5.41, 5.74) is 2.29. The Morgan fingerprint density at radius 2 is 2.05 bits per heavy atom. The van der Waals surface area contributed by atoms with Crippen molar-refractivity contribution in [3.05, 3.63) is 53.6 Å². The Kier molecular flexibility index (Phi) is 3.64. The number of para-hydroxylation sites is 1. The zero-order chi connectivity index (χ0) is 14.7. The number of hydrogen-bond donors (Lipinski definition) is 3. The number of nitrogens with one attached hydrogen (secondary N) is 2. The number of phenols is 1. The fourth-order valence-corrected chi connectivity index (χ4v) is 2.24. The Labute approximate surface area is 122 Å². The summed E-state index contributed by atoms with van der Waals surface area (Å²) in [6.45, 7) is 1.69. The Hall–Kier alpha value is -2.69. The fourth-order valence-electron chi connectivity index (χ4n) is 2.24. The summed E-state index contributed by atoms with van der Waals surface area (Å²) in [5, 5.41) is 15.3. The molecule has 3 rings (SSSR count). The molecule has 3 N–H and O–H groups in total. The summed E-state index contributed by atoms with van der Waals surface area (Å²) in [7, 11) is 0. The zero-order valence-corrected chi connectivity index (χ0v) is 11.4. The molecule has 0 fully saturated rings. The summed E-state index contributed by atoms with van der Waals surface area (Å²) < 4.78 is 5.59. The SMILES string of the molecule is O=C(NCc1ccc(O)cc1)c1cccc2c1OCCN2. The Morgan fingerprint density at radius 1 is 1.24 bits per heavy atom. The van der Waals surface area contributed by atoms with Gasteiger partial charge in [-0.1, -0.05) is 18.2 Å². The lowest BCUT2D eigenvalue weighted by atomic mass is 10.1. The number of rotatable bonds is 3. The van der Waals surface area contributed by atoms with Crippen LogP contribution in [0.2, 0.25) is 0 Å². The molecular formula is C16H16N2O3. The van der Waals surface area contributed by atoms with Crippen LogP contribution >= 0.6 is 0 Å². The van der Waals surface area contributed by atoms with Gasteiger partial charge in [0.1, 0.15) is 12.4 Å². The van der Waals surface area contributed by atoms with E-state index in [1.54, 1.807) is 30.3 Å². The number of hydrogen-bond acceptors (Lipinski definition) is 4. The second-order valence-electron chi connectivity index (χ2n) is 4.81. The molecule has 2 aromatic rings. The van der Waals surface area contributed by atoms with E-state index < -0.39 is 0 Å². The van der Waals surface area contributed by atoms with E-state index in [9.17, 15) is 9.90 Å². The zero-order valence-electron chi connectivity index (χ0n) is 11.4. The van der Waals surface area contributed by atoms with Gasteiger partial charge in [-0.25, -0.2) is 0 Å². The summed E-state index contributed by atoms with van der Waals surface area (Å²) in [6, 6.07) is 12.2. The maximum atomic E-state index is 12.3. The van der Waals surface area contributed by atoms with Gasteiger partial charge in [0.05, 0.1) is 11.3 Å². The minimum absolute atomic E-state index is 0.177. The molecule has 21 heavy (non-hydrogen) atoms. The highest BCUT2D eigenvalue weighted by atomic mass is 16.5. The quantitative estimate of drug-likeness (QED) is 0.807. The van der Waals surface area contributed by atoms with Crippen LogP contribution in [0.4, 0.5) is 5.69 Å². The van der Waals surface area contributed by atoms with Crippen molar-refractivity contribution in [2.24, 2.45) is 0 Å². The van der Waals surface area contributed by atoms with Crippen LogP contribution in [-0.2, 0) is 6.54 Å². The Bertz CT molecular complexity index is 653. The number of carbonyl (C=O) groups excluding carboxylic acids is 1. The van der Waals surface area contributed by atoms with Crippen molar-refractivity contribution in [1.82, 2.24) is 5.32 Å². The molecule has 1 aliphatic rings. The number of phenolic OH excluding ortho intramolecular Hbond substituents is 1. The van der Waals surface area contributed by atoms with Gasteiger partial charge in [0, 0.05) is 13.1 Å². The van der Waals surface area contributed by atoms with Crippen molar-refractivity contribution in [3.8, 4) is 11.5 Å². The summed E-state index contributed by atoms with van der Waals surface area (Å²) in [4.78, 5) is 12.3. The van der Waals surface area contributed by atoms with Gasteiger partial charge in [-0.05, 0) is 29.8 Å². The van der Waals surface area contributed by atoms with Gasteiger partial charge in [0.2, 0.25) is 0 Å². The standard InChI is InChI=1S/C16H16N2O3/c19-12-6-4-11(5-7-12)10-18-16(20)13-2-1-3-14-15(13)21-9-8-17-14/h1-7,17,19H,8-10H2,(H,18,20). The van der Waals surface area contributed by atoms with E-state index in [0.29, 0.717) is 24.5 Å². The third-order valence-electron chi connectivity index (χ3n) is 3.31. The van der Waals surface area contributed by atoms with E-state index in [0.717, 1.165) is 17.8 Å². The third-order valence-corrected chi connectivity index (χ3v) is 3.31. The molecule has 5 nitrogen and oxygen atoms in total.